The van der Waals surface area contributed by atoms with Crippen LogP contribution in [0.15, 0.2) is 46.1 Å². The first-order chi connectivity index (χ1) is 14.3. The van der Waals surface area contributed by atoms with Gasteiger partial charge in [-0.2, -0.15) is 0 Å². The van der Waals surface area contributed by atoms with Crippen LogP contribution in [-0.4, -0.2) is 46.0 Å². The molecule has 30 heavy (non-hydrogen) atoms. The number of amides is 1. The largest absolute Gasteiger partial charge is 0.350 e. The van der Waals surface area contributed by atoms with Crippen molar-refractivity contribution in [1.82, 2.24) is 24.8 Å². The normalized spacial score (nSPS) is 12.3. The van der Waals surface area contributed by atoms with Gasteiger partial charge in [-0.15, -0.1) is 0 Å². The average molecular weight is 409 g/mol. The molecular weight excluding hydrogens is 382 g/mol. The molecule has 2 heterocycles. The molecule has 3 rings (SSSR count). The van der Waals surface area contributed by atoms with E-state index in [-0.39, 0.29) is 28.5 Å². The van der Waals surface area contributed by atoms with Crippen LogP contribution in [0.3, 0.4) is 0 Å². The molecule has 0 aliphatic rings. The summed E-state index contributed by atoms with van der Waals surface area (Å²) in [5, 5.41) is 3.14. The number of hydrogen-bond donors (Lipinski definition) is 2. The van der Waals surface area contributed by atoms with Gasteiger partial charge in [0.1, 0.15) is 5.65 Å². The van der Waals surface area contributed by atoms with E-state index in [2.05, 4.69) is 46.5 Å². The first-order valence-corrected chi connectivity index (χ1v) is 10.0. The van der Waals surface area contributed by atoms with E-state index in [1.807, 2.05) is 19.0 Å². The van der Waals surface area contributed by atoms with E-state index >= 15 is 0 Å². The van der Waals surface area contributed by atoms with Crippen molar-refractivity contribution in [1.29, 1.82) is 0 Å². The minimum absolute atomic E-state index is 0.00180. The number of H-pyrrole nitrogens is 1. The number of nitrogens with zero attached hydrogens (tertiary/aromatic N) is 3. The zero-order chi connectivity index (χ0) is 21.8. The number of hydrogen-bond acceptors (Lipinski definition) is 5. The van der Waals surface area contributed by atoms with E-state index in [1.54, 1.807) is 6.92 Å². The molecule has 0 radical (unpaired) electrons. The summed E-state index contributed by atoms with van der Waals surface area (Å²) in [6, 6.07) is 9.83. The fraction of sp³-hybridized carbons (Fsp3) is 0.364. The van der Waals surface area contributed by atoms with Crippen molar-refractivity contribution in [3.05, 3.63) is 74.1 Å². The van der Waals surface area contributed by atoms with E-state index in [4.69, 9.17) is 0 Å². The molecule has 1 aromatic carbocycles. The quantitative estimate of drug-likeness (QED) is 0.619. The highest BCUT2D eigenvalue weighted by atomic mass is 16.2. The smallest absolute Gasteiger partial charge is 0.329 e. The zero-order valence-electron chi connectivity index (χ0n) is 17.7. The van der Waals surface area contributed by atoms with Crippen LogP contribution in [0.1, 0.15) is 41.4 Å². The van der Waals surface area contributed by atoms with Gasteiger partial charge in [-0.1, -0.05) is 31.2 Å². The Kier molecular flexibility index (Phi) is 6.47. The fourth-order valence-electron chi connectivity index (χ4n) is 3.45. The number of pyridine rings is 1. The zero-order valence-corrected chi connectivity index (χ0v) is 17.7. The summed E-state index contributed by atoms with van der Waals surface area (Å²) in [7, 11) is 3.93. The van der Waals surface area contributed by atoms with Crippen LogP contribution in [0, 0.1) is 0 Å². The number of aromatic amines is 1. The minimum Gasteiger partial charge on any atom is -0.350 e. The van der Waals surface area contributed by atoms with Crippen LogP contribution < -0.4 is 16.6 Å². The number of carbonyl (C=O) groups excluding carboxylic acids is 1. The van der Waals surface area contributed by atoms with Crippen LogP contribution in [0.2, 0.25) is 0 Å². The van der Waals surface area contributed by atoms with Gasteiger partial charge in [0.15, 0.2) is 0 Å². The maximum Gasteiger partial charge on any atom is 0.329 e. The van der Waals surface area contributed by atoms with Gasteiger partial charge in [-0.3, -0.25) is 19.1 Å². The molecule has 1 amide bonds. The number of benzene rings is 1. The molecule has 2 N–H and O–H groups in total. The summed E-state index contributed by atoms with van der Waals surface area (Å²) in [4.78, 5) is 45.3. The fourth-order valence-corrected chi connectivity index (χ4v) is 3.45. The Morgan fingerprint density at radius 2 is 1.90 bits per heavy atom. The van der Waals surface area contributed by atoms with Gasteiger partial charge < -0.3 is 10.2 Å². The number of carbonyl (C=O) groups is 1. The molecule has 0 spiro atoms. The van der Waals surface area contributed by atoms with Gasteiger partial charge in [0.05, 0.1) is 17.0 Å². The predicted molar refractivity (Wildman–Crippen MR) is 117 cm³/mol. The summed E-state index contributed by atoms with van der Waals surface area (Å²) < 4.78 is 1.36. The monoisotopic (exact) mass is 409 g/mol. The lowest BCUT2D eigenvalue weighted by Gasteiger charge is -2.25. The van der Waals surface area contributed by atoms with E-state index in [0.717, 1.165) is 12.0 Å². The summed E-state index contributed by atoms with van der Waals surface area (Å²) >= 11 is 0. The van der Waals surface area contributed by atoms with Gasteiger partial charge in [0.25, 0.3) is 11.5 Å². The highest BCUT2D eigenvalue weighted by Gasteiger charge is 2.17. The Balaban J connectivity index is 1.83. The number of aromatic nitrogens is 3. The number of aryl methyl sites for hydroxylation is 2. The Labute approximate surface area is 174 Å². The van der Waals surface area contributed by atoms with Crippen molar-refractivity contribution < 1.29 is 4.79 Å². The van der Waals surface area contributed by atoms with E-state index < -0.39 is 11.2 Å². The number of likely N-dealkylation sites (N-methyl/N-ethyl adjacent to an activating group) is 1. The third-order valence-corrected chi connectivity index (χ3v) is 5.26. The summed E-state index contributed by atoms with van der Waals surface area (Å²) in [5.74, 6) is -0.324. The molecule has 2 aromatic heterocycles. The van der Waals surface area contributed by atoms with Gasteiger partial charge in [-0.25, -0.2) is 9.78 Å². The topological polar surface area (TPSA) is 100 Å². The van der Waals surface area contributed by atoms with Gasteiger partial charge in [0.2, 0.25) is 0 Å². The van der Waals surface area contributed by atoms with Gasteiger partial charge >= 0.3 is 5.69 Å². The average Bonchev–Trinajstić information content (AvgIpc) is 2.74. The Bertz CT molecular complexity index is 1160. The van der Waals surface area contributed by atoms with Crippen LogP contribution in [0.4, 0.5) is 0 Å². The van der Waals surface area contributed by atoms with Gasteiger partial charge in [0, 0.05) is 19.3 Å². The molecule has 0 saturated carbocycles. The number of fused-ring (bicyclic) bond motifs is 1. The van der Waals surface area contributed by atoms with Crippen LogP contribution in [0.25, 0.3) is 11.0 Å². The van der Waals surface area contributed by atoms with Crippen LogP contribution in [-0.2, 0) is 13.0 Å². The lowest BCUT2D eigenvalue weighted by molar-refractivity contribution is 0.0941. The first kappa shape index (κ1) is 21.4. The van der Waals surface area contributed by atoms with Crippen LogP contribution in [0.5, 0.6) is 0 Å². The molecule has 3 aromatic rings. The van der Waals surface area contributed by atoms with Crippen molar-refractivity contribution >= 4 is 16.9 Å². The Morgan fingerprint density at radius 3 is 2.50 bits per heavy atom. The second-order valence-electron chi connectivity index (χ2n) is 7.38. The third kappa shape index (κ3) is 4.33. The molecule has 0 fully saturated rings. The predicted octanol–water partition coefficient (Wildman–Crippen LogP) is 1.70. The van der Waals surface area contributed by atoms with E-state index in [1.165, 1.54) is 22.4 Å². The maximum atomic E-state index is 12.7. The molecule has 0 aliphatic carbocycles. The molecule has 0 bridgehead atoms. The third-order valence-electron chi connectivity index (χ3n) is 5.26. The van der Waals surface area contributed by atoms with Crippen molar-refractivity contribution in [2.45, 2.75) is 32.9 Å². The maximum absolute atomic E-state index is 12.7. The molecule has 1 atom stereocenters. The molecule has 0 saturated heterocycles. The number of rotatable bonds is 7. The number of nitrogens with one attached hydrogen (secondary N) is 2. The second-order valence-corrected chi connectivity index (χ2v) is 7.38. The van der Waals surface area contributed by atoms with E-state index in [0.29, 0.717) is 13.1 Å². The molecule has 8 nitrogen and oxygen atoms in total. The molecule has 8 heteroatoms. The highest BCUT2D eigenvalue weighted by Crippen LogP contribution is 2.18. The molecule has 158 valence electrons. The first-order valence-electron chi connectivity index (χ1n) is 10.0. The SMILES string of the molecule is CCc1ccc(C(CNC(=O)c2cnc3c(c2)c(=O)[nH]c(=O)n3CC)N(C)C)cc1. The molecular formula is C22H27N5O3. The van der Waals surface area contributed by atoms with Crippen molar-refractivity contribution in [3.8, 4) is 0 Å². The molecule has 0 aliphatic heterocycles. The lowest BCUT2D eigenvalue weighted by Crippen LogP contribution is -2.35. The van der Waals surface area contributed by atoms with Crippen molar-refractivity contribution in [3.63, 3.8) is 0 Å². The van der Waals surface area contributed by atoms with E-state index in [9.17, 15) is 14.4 Å². The Hall–Kier alpha value is -3.26. The summed E-state index contributed by atoms with van der Waals surface area (Å²) in [6.45, 7) is 4.67. The summed E-state index contributed by atoms with van der Waals surface area (Å²) in [6.07, 6.45) is 2.37. The highest BCUT2D eigenvalue weighted by molar-refractivity contribution is 5.96. The standard InChI is InChI=1S/C22H27N5O3/c1-5-14-7-9-15(10-8-14)18(26(3)4)13-24-20(28)16-11-17-19(23-12-16)27(6-2)22(30)25-21(17)29/h7-12,18H,5-6,13H2,1-4H3,(H,24,28)(H,25,29,30). The minimum atomic E-state index is -0.552. The summed E-state index contributed by atoms with van der Waals surface area (Å²) in [5.41, 5.74) is 1.85. The van der Waals surface area contributed by atoms with Gasteiger partial charge in [-0.05, 0) is 44.6 Å². The Morgan fingerprint density at radius 1 is 1.20 bits per heavy atom. The van der Waals surface area contributed by atoms with Crippen molar-refractivity contribution in [2.75, 3.05) is 20.6 Å². The van der Waals surface area contributed by atoms with Crippen LogP contribution >= 0.6 is 0 Å². The van der Waals surface area contributed by atoms with Crippen molar-refractivity contribution in [2.24, 2.45) is 0 Å². The second kappa shape index (κ2) is 9.04. The lowest BCUT2D eigenvalue weighted by atomic mass is 10.0. The molecule has 1 unspecified atom stereocenters.